The molecule has 1 fully saturated rings. The topological polar surface area (TPSA) is 78.5 Å². The average Bonchev–Trinajstić information content (AvgIpc) is 2.86. The predicted octanol–water partition coefficient (Wildman–Crippen LogP) is 2.82. The first-order valence-corrected chi connectivity index (χ1v) is 7.83. The number of halogens is 3. The van der Waals surface area contributed by atoms with Crippen molar-refractivity contribution >= 4 is 17.8 Å². The lowest BCUT2D eigenvalue weighted by molar-refractivity contribution is -0.137. The van der Waals surface area contributed by atoms with Crippen molar-refractivity contribution in [2.45, 2.75) is 18.6 Å². The molecule has 1 aliphatic heterocycles. The zero-order chi connectivity index (χ0) is 19.8. The fraction of sp³-hybridized carbons (Fsp3) is 0.167. The largest absolute Gasteiger partial charge is 0.416 e. The maximum Gasteiger partial charge on any atom is 0.416 e. The van der Waals surface area contributed by atoms with Gasteiger partial charge >= 0.3 is 12.2 Å². The third-order valence-electron chi connectivity index (χ3n) is 4.21. The van der Waals surface area contributed by atoms with Gasteiger partial charge < -0.3 is 5.32 Å². The Morgan fingerprint density at radius 3 is 2.37 bits per heavy atom. The van der Waals surface area contributed by atoms with Crippen molar-refractivity contribution in [1.82, 2.24) is 15.8 Å². The number of hydrogen-bond donors (Lipinski definition) is 2. The molecule has 2 aromatic rings. The Balaban J connectivity index is 1.83. The van der Waals surface area contributed by atoms with Crippen LogP contribution in [0.1, 0.15) is 28.4 Å². The molecule has 1 atom stereocenters. The average molecular weight is 377 g/mol. The highest BCUT2D eigenvalue weighted by molar-refractivity contribution is 6.09. The zero-order valence-electron chi connectivity index (χ0n) is 14.0. The van der Waals surface area contributed by atoms with Gasteiger partial charge in [-0.05, 0) is 30.7 Å². The van der Waals surface area contributed by atoms with Gasteiger partial charge in [0.05, 0.1) is 5.56 Å². The molecule has 3 rings (SSSR count). The van der Waals surface area contributed by atoms with Crippen molar-refractivity contribution < 1.29 is 27.6 Å². The second kappa shape index (κ2) is 6.42. The van der Waals surface area contributed by atoms with E-state index in [0.29, 0.717) is 16.6 Å². The van der Waals surface area contributed by atoms with Crippen molar-refractivity contribution in [3.05, 3.63) is 71.3 Å². The van der Waals surface area contributed by atoms with Crippen LogP contribution in [0.5, 0.6) is 0 Å². The smallest absolute Gasteiger partial charge is 0.318 e. The monoisotopic (exact) mass is 377 g/mol. The Kier molecular flexibility index (Phi) is 4.38. The lowest BCUT2D eigenvalue weighted by Gasteiger charge is -2.22. The minimum atomic E-state index is -4.62. The fourth-order valence-corrected chi connectivity index (χ4v) is 2.71. The van der Waals surface area contributed by atoms with Crippen molar-refractivity contribution in [3.63, 3.8) is 0 Å². The van der Waals surface area contributed by atoms with Crippen LogP contribution in [0.15, 0.2) is 54.6 Å². The van der Waals surface area contributed by atoms with Crippen LogP contribution < -0.4 is 10.7 Å². The Morgan fingerprint density at radius 2 is 1.74 bits per heavy atom. The van der Waals surface area contributed by atoms with E-state index in [1.165, 1.54) is 6.92 Å². The number of imide groups is 1. The molecular formula is C18H14F3N3O3. The minimum absolute atomic E-state index is 0.335. The molecule has 9 heteroatoms. The highest BCUT2D eigenvalue weighted by Crippen LogP contribution is 2.30. The molecular weight excluding hydrogens is 363 g/mol. The minimum Gasteiger partial charge on any atom is -0.318 e. The summed E-state index contributed by atoms with van der Waals surface area (Å²) in [7, 11) is 0. The number of nitrogens with one attached hydrogen (secondary N) is 2. The van der Waals surface area contributed by atoms with Crippen molar-refractivity contribution in [2.24, 2.45) is 0 Å². The summed E-state index contributed by atoms with van der Waals surface area (Å²) >= 11 is 0. The molecule has 2 N–H and O–H groups in total. The molecule has 2 aromatic carbocycles. The maximum atomic E-state index is 12.8. The van der Waals surface area contributed by atoms with Crippen LogP contribution in [0.4, 0.5) is 18.0 Å². The highest BCUT2D eigenvalue weighted by atomic mass is 19.4. The summed E-state index contributed by atoms with van der Waals surface area (Å²) in [5.41, 5.74) is -0.187. The van der Waals surface area contributed by atoms with Crippen LogP contribution in [0.25, 0.3) is 0 Å². The molecule has 1 heterocycles. The van der Waals surface area contributed by atoms with Crippen LogP contribution in [-0.4, -0.2) is 22.9 Å². The molecule has 0 aromatic heterocycles. The summed E-state index contributed by atoms with van der Waals surface area (Å²) in [4.78, 5) is 37.1. The molecule has 0 unspecified atom stereocenters. The van der Waals surface area contributed by atoms with Crippen molar-refractivity contribution in [1.29, 1.82) is 0 Å². The number of hydrazine groups is 1. The Bertz CT molecular complexity index is 915. The summed E-state index contributed by atoms with van der Waals surface area (Å²) in [5.74, 6) is -1.76. The van der Waals surface area contributed by atoms with Gasteiger partial charge in [0.25, 0.3) is 11.8 Å². The van der Waals surface area contributed by atoms with Crippen molar-refractivity contribution in [3.8, 4) is 0 Å². The number of nitrogens with zero attached hydrogens (tertiary/aromatic N) is 1. The van der Waals surface area contributed by atoms with E-state index >= 15 is 0 Å². The summed E-state index contributed by atoms with van der Waals surface area (Å²) in [5, 5.41) is 2.95. The fourth-order valence-electron chi connectivity index (χ4n) is 2.71. The molecule has 27 heavy (non-hydrogen) atoms. The van der Waals surface area contributed by atoms with E-state index in [4.69, 9.17) is 0 Å². The number of alkyl halides is 3. The molecule has 0 spiro atoms. The van der Waals surface area contributed by atoms with E-state index in [1.54, 1.807) is 30.3 Å². The third kappa shape index (κ3) is 3.35. The van der Waals surface area contributed by atoms with Gasteiger partial charge in [0, 0.05) is 5.56 Å². The van der Waals surface area contributed by atoms with E-state index in [1.807, 2.05) is 0 Å². The number of rotatable bonds is 3. The number of carbonyl (C=O) groups excluding carboxylic acids is 3. The molecule has 0 radical (unpaired) electrons. The number of hydrogen-bond acceptors (Lipinski definition) is 3. The Morgan fingerprint density at radius 1 is 1.07 bits per heavy atom. The van der Waals surface area contributed by atoms with Gasteiger partial charge in [0.2, 0.25) is 0 Å². The van der Waals surface area contributed by atoms with E-state index in [2.05, 4.69) is 10.7 Å². The molecule has 6 nitrogen and oxygen atoms in total. The van der Waals surface area contributed by atoms with Gasteiger partial charge in [-0.15, -0.1) is 0 Å². The number of amides is 4. The number of carbonyl (C=O) groups is 3. The second-order valence-electron chi connectivity index (χ2n) is 6.08. The maximum absolute atomic E-state index is 12.8. The molecule has 4 amide bonds. The second-order valence-corrected chi connectivity index (χ2v) is 6.08. The van der Waals surface area contributed by atoms with E-state index < -0.39 is 35.1 Å². The summed E-state index contributed by atoms with van der Waals surface area (Å²) in [6, 6.07) is 11.2. The summed E-state index contributed by atoms with van der Waals surface area (Å²) < 4.78 is 38.4. The van der Waals surface area contributed by atoms with E-state index in [9.17, 15) is 27.6 Å². The number of benzene rings is 2. The Labute approximate surface area is 151 Å². The van der Waals surface area contributed by atoms with Gasteiger partial charge in [-0.3, -0.25) is 15.0 Å². The highest BCUT2D eigenvalue weighted by Gasteiger charge is 2.50. The SMILES string of the molecule is C[C@@]1(c2ccccc2)NC(=O)N(NC(=O)c2cccc(C(F)(F)F)c2)C1=O. The number of urea groups is 1. The molecule has 0 aliphatic carbocycles. The van der Waals surface area contributed by atoms with Gasteiger partial charge in [-0.2, -0.15) is 18.2 Å². The molecule has 1 saturated heterocycles. The molecule has 1 aliphatic rings. The van der Waals surface area contributed by atoms with E-state index in [-0.39, 0.29) is 5.56 Å². The first-order valence-electron chi connectivity index (χ1n) is 7.83. The quantitative estimate of drug-likeness (QED) is 0.808. The molecule has 140 valence electrons. The summed E-state index contributed by atoms with van der Waals surface area (Å²) in [6.07, 6.45) is -4.62. The van der Waals surface area contributed by atoms with Crippen LogP contribution >= 0.6 is 0 Å². The van der Waals surface area contributed by atoms with Crippen LogP contribution in [0.3, 0.4) is 0 Å². The first kappa shape index (κ1) is 18.4. The predicted molar refractivity (Wildman–Crippen MR) is 88.1 cm³/mol. The lowest BCUT2D eigenvalue weighted by Crippen LogP contribution is -2.47. The van der Waals surface area contributed by atoms with E-state index in [0.717, 1.165) is 18.2 Å². The van der Waals surface area contributed by atoms with Gasteiger partial charge in [-0.25, -0.2) is 4.79 Å². The standard InChI is InChI=1S/C18H14F3N3O3/c1-17(12-7-3-2-4-8-12)15(26)24(16(27)22-17)23-14(25)11-6-5-9-13(10-11)18(19,20)21/h2-10H,1H3,(H,22,27)(H,23,25)/t17-/m0/s1. The van der Waals surface area contributed by atoms with Crippen molar-refractivity contribution in [2.75, 3.05) is 0 Å². The van der Waals surface area contributed by atoms with Gasteiger partial charge in [-0.1, -0.05) is 36.4 Å². The normalized spacial score (nSPS) is 19.8. The van der Waals surface area contributed by atoms with Crippen LogP contribution in [0.2, 0.25) is 0 Å². The Hall–Kier alpha value is -3.36. The van der Waals surface area contributed by atoms with Crippen LogP contribution in [-0.2, 0) is 16.5 Å². The first-order chi connectivity index (χ1) is 12.6. The zero-order valence-corrected chi connectivity index (χ0v) is 14.0. The molecule has 0 bridgehead atoms. The van der Waals surface area contributed by atoms with Gasteiger partial charge in [0.1, 0.15) is 5.54 Å². The lowest BCUT2D eigenvalue weighted by atomic mass is 9.92. The molecule has 0 saturated carbocycles. The van der Waals surface area contributed by atoms with Crippen LogP contribution in [0, 0.1) is 0 Å². The third-order valence-corrected chi connectivity index (χ3v) is 4.21. The van der Waals surface area contributed by atoms with Gasteiger partial charge in [0.15, 0.2) is 0 Å². The summed E-state index contributed by atoms with van der Waals surface area (Å²) in [6.45, 7) is 1.47.